The van der Waals surface area contributed by atoms with E-state index in [4.69, 9.17) is 26.1 Å². The summed E-state index contributed by atoms with van der Waals surface area (Å²) < 4.78 is 12.7. The molecule has 0 saturated carbocycles. The average molecular weight is 459 g/mol. The molecule has 9 heteroatoms. The van der Waals surface area contributed by atoms with Gasteiger partial charge in [0, 0.05) is 21.0 Å². The quantitative estimate of drug-likeness (QED) is 0.478. The Hall–Kier alpha value is -2.71. The molecule has 0 fully saturated rings. The summed E-state index contributed by atoms with van der Waals surface area (Å²) in [6, 6.07) is 7.45. The predicted molar refractivity (Wildman–Crippen MR) is 121 cm³/mol. The molecule has 4 rings (SSSR count). The number of hydrogen-bond acceptors (Lipinski definition) is 7. The molecular formula is C22H23ClN4O3S. The van der Waals surface area contributed by atoms with Gasteiger partial charge in [0.2, 0.25) is 5.82 Å². The van der Waals surface area contributed by atoms with Gasteiger partial charge in [-0.3, -0.25) is 4.57 Å². The number of carbonyl (C=O) groups is 1. The number of hydrogen-bond donors (Lipinski definition) is 0. The lowest BCUT2D eigenvalue weighted by Crippen LogP contribution is -2.17. The lowest BCUT2D eigenvalue weighted by molar-refractivity contribution is 0.0168. The first-order valence-corrected chi connectivity index (χ1v) is 11.2. The maximum Gasteiger partial charge on any atom is 0.510 e. The van der Waals surface area contributed by atoms with E-state index in [0.717, 1.165) is 21.7 Å². The summed E-state index contributed by atoms with van der Waals surface area (Å²) in [5.74, 6) is 1.32. The lowest BCUT2D eigenvalue weighted by atomic mass is 10.00. The molecule has 0 radical (unpaired) electrons. The van der Waals surface area contributed by atoms with Crippen LogP contribution in [0.3, 0.4) is 0 Å². The molecule has 0 bridgehead atoms. The number of thiophene rings is 1. The normalized spacial score (nSPS) is 15.2. The molecule has 1 unspecified atom stereocenters. The third kappa shape index (κ3) is 4.09. The highest BCUT2D eigenvalue weighted by Gasteiger charge is 2.33. The third-order valence-corrected chi connectivity index (χ3v) is 6.43. The van der Waals surface area contributed by atoms with Crippen LogP contribution < -0.4 is 0 Å². The Bertz CT molecular complexity index is 1160. The molecular weight excluding hydrogens is 436 g/mol. The van der Waals surface area contributed by atoms with Gasteiger partial charge in [-0.25, -0.2) is 9.79 Å². The molecule has 162 valence electrons. The summed E-state index contributed by atoms with van der Waals surface area (Å²) in [4.78, 5) is 18.4. The SMILES string of the molecule is Cc1sc2c(c1C)C(c1ccc(Cl)cc1)=NC(OC(=O)OCC(C)C)c1nnc(C)n1-2. The van der Waals surface area contributed by atoms with Crippen molar-refractivity contribution in [3.8, 4) is 5.00 Å². The summed E-state index contributed by atoms with van der Waals surface area (Å²) in [5, 5.41) is 10.1. The third-order valence-electron chi connectivity index (χ3n) is 4.98. The zero-order chi connectivity index (χ0) is 22.3. The van der Waals surface area contributed by atoms with Crippen LogP contribution in [0, 0.1) is 26.7 Å². The van der Waals surface area contributed by atoms with Crippen LogP contribution in [0.5, 0.6) is 0 Å². The van der Waals surface area contributed by atoms with Crippen molar-refractivity contribution < 1.29 is 14.3 Å². The second-order valence-corrected chi connectivity index (χ2v) is 9.45. The molecule has 1 atom stereocenters. The Morgan fingerprint density at radius 3 is 2.58 bits per heavy atom. The number of halogens is 1. The molecule has 1 aliphatic rings. The fraction of sp³-hybridized carbons (Fsp3) is 0.364. The van der Waals surface area contributed by atoms with Gasteiger partial charge in [0.05, 0.1) is 12.3 Å². The van der Waals surface area contributed by atoms with Crippen LogP contribution in [0.15, 0.2) is 29.3 Å². The summed E-state index contributed by atoms with van der Waals surface area (Å²) in [5.41, 5.74) is 3.65. The number of nitrogens with zero attached hydrogens (tertiary/aromatic N) is 4. The lowest BCUT2D eigenvalue weighted by Gasteiger charge is -2.14. The van der Waals surface area contributed by atoms with Crippen LogP contribution in [0.1, 0.15) is 53.3 Å². The Morgan fingerprint density at radius 2 is 1.90 bits per heavy atom. The Morgan fingerprint density at radius 1 is 1.19 bits per heavy atom. The van der Waals surface area contributed by atoms with E-state index in [1.807, 2.05) is 49.6 Å². The summed E-state index contributed by atoms with van der Waals surface area (Å²) in [7, 11) is 0. The number of aromatic nitrogens is 3. The molecule has 2 aromatic heterocycles. The van der Waals surface area contributed by atoms with Gasteiger partial charge in [-0.1, -0.05) is 37.6 Å². The van der Waals surface area contributed by atoms with E-state index in [1.165, 1.54) is 4.88 Å². The highest BCUT2D eigenvalue weighted by molar-refractivity contribution is 7.15. The van der Waals surface area contributed by atoms with Gasteiger partial charge < -0.3 is 9.47 Å². The highest BCUT2D eigenvalue weighted by Crippen LogP contribution is 2.39. The predicted octanol–water partition coefficient (Wildman–Crippen LogP) is 5.57. The molecule has 0 aliphatic carbocycles. The van der Waals surface area contributed by atoms with Crippen molar-refractivity contribution in [3.63, 3.8) is 0 Å². The van der Waals surface area contributed by atoms with Crippen molar-refractivity contribution in [1.29, 1.82) is 0 Å². The molecule has 1 aromatic carbocycles. The number of carbonyl (C=O) groups excluding carboxylic acids is 1. The van der Waals surface area contributed by atoms with Crippen LogP contribution >= 0.6 is 22.9 Å². The summed E-state index contributed by atoms with van der Waals surface area (Å²) >= 11 is 7.74. The zero-order valence-corrected chi connectivity index (χ0v) is 19.5. The maximum absolute atomic E-state index is 12.4. The van der Waals surface area contributed by atoms with E-state index in [9.17, 15) is 4.79 Å². The van der Waals surface area contributed by atoms with Gasteiger partial charge >= 0.3 is 6.16 Å². The molecule has 3 heterocycles. The molecule has 1 aliphatic heterocycles. The Labute approximate surface area is 189 Å². The molecule has 0 N–H and O–H groups in total. The molecule has 0 spiro atoms. The van der Waals surface area contributed by atoms with E-state index >= 15 is 0 Å². The largest absolute Gasteiger partial charge is 0.510 e. The zero-order valence-electron chi connectivity index (χ0n) is 18.0. The van der Waals surface area contributed by atoms with Crippen LogP contribution in [0.4, 0.5) is 4.79 Å². The first-order chi connectivity index (χ1) is 14.8. The standard InChI is InChI=1S/C22H23ClN4O3S/c1-11(2)10-29-22(28)30-20-19-26-25-14(5)27(19)21-17(12(3)13(4)31-21)18(24-20)15-6-8-16(23)9-7-15/h6-9,11,20H,10H2,1-5H3. The Kier molecular flexibility index (Phi) is 5.85. The summed E-state index contributed by atoms with van der Waals surface area (Å²) in [6.07, 6.45) is -1.78. The smallest absolute Gasteiger partial charge is 0.434 e. The van der Waals surface area contributed by atoms with Crippen molar-refractivity contribution in [1.82, 2.24) is 14.8 Å². The van der Waals surface area contributed by atoms with E-state index < -0.39 is 12.4 Å². The van der Waals surface area contributed by atoms with Crippen molar-refractivity contribution in [2.45, 2.75) is 40.8 Å². The van der Waals surface area contributed by atoms with Crippen LogP contribution in [0.2, 0.25) is 5.02 Å². The number of rotatable bonds is 4. The topological polar surface area (TPSA) is 78.6 Å². The molecule has 0 saturated heterocycles. The monoisotopic (exact) mass is 458 g/mol. The van der Waals surface area contributed by atoms with Gasteiger partial charge in [0.25, 0.3) is 6.23 Å². The number of benzene rings is 1. The minimum atomic E-state index is -0.995. The second kappa shape index (κ2) is 8.43. The van der Waals surface area contributed by atoms with Gasteiger partial charge in [-0.05, 0) is 44.4 Å². The van der Waals surface area contributed by atoms with E-state index in [2.05, 4.69) is 24.0 Å². The minimum absolute atomic E-state index is 0.193. The molecule has 3 aromatic rings. The van der Waals surface area contributed by atoms with E-state index in [1.54, 1.807) is 11.3 Å². The van der Waals surface area contributed by atoms with Crippen molar-refractivity contribution in [3.05, 3.63) is 62.5 Å². The van der Waals surface area contributed by atoms with Crippen molar-refractivity contribution in [2.24, 2.45) is 10.9 Å². The molecule has 7 nitrogen and oxygen atoms in total. The maximum atomic E-state index is 12.4. The number of fused-ring (bicyclic) bond motifs is 3. The average Bonchev–Trinajstić information content (AvgIpc) is 3.19. The van der Waals surface area contributed by atoms with E-state index in [0.29, 0.717) is 22.4 Å². The summed E-state index contributed by atoms with van der Waals surface area (Å²) in [6.45, 7) is 10.2. The van der Waals surface area contributed by atoms with Gasteiger partial charge in [-0.15, -0.1) is 21.5 Å². The Balaban J connectivity index is 1.87. The first kappa shape index (κ1) is 21.5. The van der Waals surface area contributed by atoms with Gasteiger partial charge in [-0.2, -0.15) is 0 Å². The fourth-order valence-corrected chi connectivity index (χ4v) is 4.68. The highest BCUT2D eigenvalue weighted by atomic mass is 35.5. The molecule has 0 amide bonds. The van der Waals surface area contributed by atoms with Crippen molar-refractivity contribution in [2.75, 3.05) is 6.61 Å². The second-order valence-electron chi connectivity index (χ2n) is 7.81. The van der Waals surface area contributed by atoms with Gasteiger partial charge in [0.1, 0.15) is 10.8 Å². The van der Waals surface area contributed by atoms with Crippen LogP contribution in [0.25, 0.3) is 5.00 Å². The number of aryl methyl sites for hydroxylation is 2. The minimum Gasteiger partial charge on any atom is -0.434 e. The van der Waals surface area contributed by atoms with Crippen molar-refractivity contribution >= 4 is 34.8 Å². The number of aliphatic imine (C=N–C) groups is 1. The number of ether oxygens (including phenoxy) is 2. The van der Waals surface area contributed by atoms with Crippen LogP contribution in [-0.2, 0) is 9.47 Å². The van der Waals surface area contributed by atoms with Gasteiger partial charge in [0.15, 0.2) is 0 Å². The fourth-order valence-electron chi connectivity index (χ4n) is 3.34. The van der Waals surface area contributed by atoms with Crippen LogP contribution in [-0.4, -0.2) is 33.2 Å². The molecule has 31 heavy (non-hydrogen) atoms. The van der Waals surface area contributed by atoms with E-state index in [-0.39, 0.29) is 12.5 Å². The first-order valence-electron chi connectivity index (χ1n) is 9.96.